The number of benzene rings is 3. The van der Waals surface area contributed by atoms with Crippen molar-refractivity contribution in [3.05, 3.63) is 72.7 Å². The number of hydrogen-bond acceptors (Lipinski definition) is 4. The van der Waals surface area contributed by atoms with Gasteiger partial charge in [0.1, 0.15) is 17.2 Å². The summed E-state index contributed by atoms with van der Waals surface area (Å²) in [5.41, 5.74) is 5.12. The highest BCUT2D eigenvalue weighted by Crippen LogP contribution is 2.37. The lowest BCUT2D eigenvalue weighted by atomic mass is 9.94. The van der Waals surface area contributed by atoms with Crippen LogP contribution >= 0.6 is 0 Å². The normalized spacial score (nSPS) is 11.7. The van der Waals surface area contributed by atoms with Crippen molar-refractivity contribution >= 4 is 32.4 Å². The highest BCUT2D eigenvalue weighted by molar-refractivity contribution is 6.24. The zero-order chi connectivity index (χ0) is 20.9. The Labute approximate surface area is 178 Å². The fraction of sp³-hybridized carbons (Fsp3) is 0.120. The number of nitrogens with zero attached hydrogens (tertiary/aromatic N) is 4. The van der Waals surface area contributed by atoms with Crippen LogP contribution in [0.2, 0.25) is 0 Å². The van der Waals surface area contributed by atoms with Crippen LogP contribution in [0, 0.1) is 6.92 Å². The SMILES string of the molecule is CCc1ncc(-c2ccc3c4ccc(-c5cnc(C)[nH]5)cc4c4ccnnc4c3c2)[nH]1. The summed E-state index contributed by atoms with van der Waals surface area (Å²) >= 11 is 0. The summed E-state index contributed by atoms with van der Waals surface area (Å²) in [6.45, 7) is 4.06. The Hall–Kier alpha value is -4.06. The zero-order valence-corrected chi connectivity index (χ0v) is 17.3. The molecular formula is C25H20N6. The van der Waals surface area contributed by atoms with E-state index in [9.17, 15) is 0 Å². The third-order valence-electron chi connectivity index (χ3n) is 5.88. The van der Waals surface area contributed by atoms with E-state index in [2.05, 4.69) is 73.5 Å². The van der Waals surface area contributed by atoms with Crippen molar-refractivity contribution in [2.24, 2.45) is 0 Å². The third-order valence-corrected chi connectivity index (χ3v) is 5.88. The molecule has 0 fully saturated rings. The van der Waals surface area contributed by atoms with Gasteiger partial charge in [0, 0.05) is 28.3 Å². The number of aromatic nitrogens is 6. The van der Waals surface area contributed by atoms with Gasteiger partial charge in [0.05, 0.1) is 30.0 Å². The number of H-pyrrole nitrogens is 2. The fourth-order valence-electron chi connectivity index (χ4n) is 4.32. The second-order valence-corrected chi connectivity index (χ2v) is 7.79. The largest absolute Gasteiger partial charge is 0.342 e. The predicted octanol–water partition coefficient (Wildman–Crippen LogP) is 5.59. The van der Waals surface area contributed by atoms with Crippen molar-refractivity contribution in [2.75, 3.05) is 0 Å². The van der Waals surface area contributed by atoms with Gasteiger partial charge in [0.25, 0.3) is 0 Å². The maximum atomic E-state index is 4.53. The standard InChI is InChI=1S/C25H20N6/c1-3-24-27-13-23(30-24)16-5-7-18-17-6-4-15(22-12-26-14(2)29-22)10-20(17)19-8-9-28-31-25(19)21(18)11-16/h4-13H,3H2,1-2H3,(H,26,29)(H,27,30). The second kappa shape index (κ2) is 6.74. The maximum absolute atomic E-state index is 4.53. The van der Waals surface area contributed by atoms with Crippen LogP contribution in [-0.4, -0.2) is 30.1 Å². The molecule has 6 nitrogen and oxygen atoms in total. The monoisotopic (exact) mass is 404 g/mol. The van der Waals surface area contributed by atoms with Gasteiger partial charge in [-0.3, -0.25) is 0 Å². The van der Waals surface area contributed by atoms with Crippen LogP contribution in [-0.2, 0) is 6.42 Å². The van der Waals surface area contributed by atoms with E-state index in [1.165, 1.54) is 5.39 Å². The summed E-state index contributed by atoms with van der Waals surface area (Å²) in [6.07, 6.45) is 6.41. The van der Waals surface area contributed by atoms with Gasteiger partial charge in [-0.2, -0.15) is 5.10 Å². The van der Waals surface area contributed by atoms with Gasteiger partial charge in [-0.15, -0.1) is 5.10 Å². The molecule has 150 valence electrons. The molecule has 0 unspecified atom stereocenters. The minimum Gasteiger partial charge on any atom is -0.342 e. The average molecular weight is 404 g/mol. The van der Waals surface area contributed by atoms with Crippen LogP contribution in [0.5, 0.6) is 0 Å². The van der Waals surface area contributed by atoms with E-state index in [0.717, 1.165) is 67.6 Å². The van der Waals surface area contributed by atoms with Gasteiger partial charge in [-0.05, 0) is 41.3 Å². The number of rotatable bonds is 3. The van der Waals surface area contributed by atoms with Crippen molar-refractivity contribution < 1.29 is 0 Å². The fourth-order valence-corrected chi connectivity index (χ4v) is 4.32. The van der Waals surface area contributed by atoms with Crippen LogP contribution in [0.4, 0.5) is 0 Å². The molecule has 0 radical (unpaired) electrons. The van der Waals surface area contributed by atoms with Crippen molar-refractivity contribution in [1.82, 2.24) is 30.1 Å². The molecule has 0 aliphatic carbocycles. The zero-order valence-electron chi connectivity index (χ0n) is 17.3. The molecule has 0 spiro atoms. The molecule has 6 heteroatoms. The van der Waals surface area contributed by atoms with Gasteiger partial charge in [-0.1, -0.05) is 31.2 Å². The summed E-state index contributed by atoms with van der Waals surface area (Å²) in [7, 11) is 0. The molecule has 0 atom stereocenters. The summed E-state index contributed by atoms with van der Waals surface area (Å²) < 4.78 is 0. The van der Waals surface area contributed by atoms with Gasteiger partial charge < -0.3 is 9.97 Å². The Morgan fingerprint density at radius 1 is 0.742 bits per heavy atom. The maximum Gasteiger partial charge on any atom is 0.106 e. The first-order valence-corrected chi connectivity index (χ1v) is 10.4. The molecule has 0 saturated carbocycles. The quantitative estimate of drug-likeness (QED) is 0.377. The highest BCUT2D eigenvalue weighted by atomic mass is 15.1. The Bertz CT molecular complexity index is 1570. The molecule has 3 heterocycles. The van der Waals surface area contributed by atoms with Gasteiger partial charge in [0.2, 0.25) is 0 Å². The Morgan fingerprint density at radius 3 is 2.16 bits per heavy atom. The Morgan fingerprint density at radius 2 is 1.45 bits per heavy atom. The molecule has 0 amide bonds. The molecule has 0 aliphatic heterocycles. The summed E-state index contributed by atoms with van der Waals surface area (Å²) in [6, 6.07) is 15.1. The lowest BCUT2D eigenvalue weighted by Gasteiger charge is -2.11. The Kier molecular flexibility index (Phi) is 3.86. The number of aryl methyl sites for hydroxylation is 2. The van der Waals surface area contributed by atoms with Gasteiger partial charge in [-0.25, -0.2) is 9.97 Å². The highest BCUT2D eigenvalue weighted by Gasteiger charge is 2.13. The predicted molar refractivity (Wildman–Crippen MR) is 124 cm³/mol. The topological polar surface area (TPSA) is 83.1 Å². The molecule has 0 saturated heterocycles. The van der Waals surface area contributed by atoms with E-state index in [0.29, 0.717) is 0 Å². The van der Waals surface area contributed by atoms with E-state index in [-0.39, 0.29) is 0 Å². The van der Waals surface area contributed by atoms with Crippen LogP contribution in [0.25, 0.3) is 55.0 Å². The lowest BCUT2D eigenvalue weighted by Crippen LogP contribution is -1.90. The first-order valence-electron chi connectivity index (χ1n) is 10.4. The smallest absolute Gasteiger partial charge is 0.106 e. The van der Waals surface area contributed by atoms with E-state index in [4.69, 9.17) is 0 Å². The minimum absolute atomic E-state index is 0.880. The van der Waals surface area contributed by atoms with Crippen molar-refractivity contribution in [1.29, 1.82) is 0 Å². The number of aromatic amines is 2. The van der Waals surface area contributed by atoms with Crippen LogP contribution in [0.1, 0.15) is 18.6 Å². The molecule has 31 heavy (non-hydrogen) atoms. The number of fused-ring (bicyclic) bond motifs is 6. The molecular weight excluding hydrogens is 384 g/mol. The third kappa shape index (κ3) is 2.79. The van der Waals surface area contributed by atoms with Crippen molar-refractivity contribution in [2.45, 2.75) is 20.3 Å². The first kappa shape index (κ1) is 17.8. The summed E-state index contributed by atoms with van der Waals surface area (Å²) in [4.78, 5) is 15.5. The summed E-state index contributed by atoms with van der Waals surface area (Å²) in [5, 5.41) is 14.4. The van der Waals surface area contributed by atoms with Crippen molar-refractivity contribution in [3.63, 3.8) is 0 Å². The molecule has 3 aromatic heterocycles. The number of imidazole rings is 2. The summed E-state index contributed by atoms with van der Waals surface area (Å²) in [5.74, 6) is 1.89. The van der Waals surface area contributed by atoms with E-state index >= 15 is 0 Å². The van der Waals surface area contributed by atoms with Crippen LogP contribution in [0.15, 0.2) is 61.1 Å². The van der Waals surface area contributed by atoms with Crippen LogP contribution < -0.4 is 0 Å². The molecule has 0 aliphatic rings. The van der Waals surface area contributed by atoms with E-state index in [1.54, 1.807) is 6.20 Å². The first-order chi connectivity index (χ1) is 15.2. The lowest BCUT2D eigenvalue weighted by molar-refractivity contribution is 0.991. The van der Waals surface area contributed by atoms with Crippen molar-refractivity contribution in [3.8, 4) is 22.5 Å². The van der Waals surface area contributed by atoms with Gasteiger partial charge >= 0.3 is 0 Å². The molecule has 2 N–H and O–H groups in total. The van der Waals surface area contributed by atoms with E-state index in [1.807, 2.05) is 25.4 Å². The second-order valence-electron chi connectivity index (χ2n) is 7.79. The Balaban J connectivity index is 1.65. The van der Waals surface area contributed by atoms with Gasteiger partial charge in [0.15, 0.2) is 0 Å². The van der Waals surface area contributed by atoms with E-state index < -0.39 is 0 Å². The number of nitrogens with one attached hydrogen (secondary N) is 2. The average Bonchev–Trinajstić information content (AvgIpc) is 3.48. The molecule has 6 aromatic rings. The molecule has 0 bridgehead atoms. The number of hydrogen-bond donors (Lipinski definition) is 2. The minimum atomic E-state index is 0.880. The molecule has 3 aromatic carbocycles. The molecule has 6 rings (SSSR count). The van der Waals surface area contributed by atoms with Crippen LogP contribution in [0.3, 0.4) is 0 Å².